The van der Waals surface area contributed by atoms with Crippen molar-refractivity contribution in [2.75, 3.05) is 6.61 Å². The molecule has 0 bridgehead atoms. The molecule has 1 N–H and O–H groups in total. The molecule has 112 valence electrons. The van der Waals surface area contributed by atoms with E-state index in [9.17, 15) is 0 Å². The lowest BCUT2D eigenvalue weighted by molar-refractivity contribution is 0.313. The highest BCUT2D eigenvalue weighted by molar-refractivity contribution is 6.30. The lowest BCUT2D eigenvalue weighted by Crippen LogP contribution is -2.18. The summed E-state index contributed by atoms with van der Waals surface area (Å²) >= 11 is 6.10. The Hall–Kier alpha value is -1.51. The first-order valence-corrected chi connectivity index (χ1v) is 7.78. The minimum absolute atomic E-state index is 0.282. The Morgan fingerprint density at radius 2 is 1.90 bits per heavy atom. The van der Waals surface area contributed by atoms with Gasteiger partial charge < -0.3 is 10.1 Å². The van der Waals surface area contributed by atoms with E-state index in [1.807, 2.05) is 24.3 Å². The van der Waals surface area contributed by atoms with E-state index in [-0.39, 0.29) is 6.04 Å². The van der Waals surface area contributed by atoms with E-state index < -0.39 is 0 Å². The number of benzene rings is 2. The van der Waals surface area contributed by atoms with Gasteiger partial charge in [-0.2, -0.15) is 0 Å². The molecule has 1 atom stereocenters. The highest BCUT2D eigenvalue weighted by atomic mass is 35.5. The molecule has 21 heavy (non-hydrogen) atoms. The quantitative estimate of drug-likeness (QED) is 0.779. The van der Waals surface area contributed by atoms with Crippen molar-refractivity contribution >= 4 is 11.6 Å². The second-order valence-corrected chi connectivity index (χ2v) is 5.55. The lowest BCUT2D eigenvalue weighted by atomic mass is 10.1. The molecule has 0 amide bonds. The maximum absolute atomic E-state index is 6.10. The zero-order chi connectivity index (χ0) is 15.1. The maximum Gasteiger partial charge on any atom is 0.123 e. The molecule has 0 saturated carbocycles. The van der Waals surface area contributed by atoms with Gasteiger partial charge in [0, 0.05) is 23.2 Å². The molecule has 2 aromatic rings. The van der Waals surface area contributed by atoms with Gasteiger partial charge in [-0.05, 0) is 37.1 Å². The van der Waals surface area contributed by atoms with Crippen molar-refractivity contribution in [3.8, 4) is 5.75 Å². The molecule has 2 nitrogen and oxygen atoms in total. The summed E-state index contributed by atoms with van der Waals surface area (Å²) in [5.74, 6) is 0.911. The van der Waals surface area contributed by atoms with E-state index in [1.54, 1.807) is 0 Å². The summed E-state index contributed by atoms with van der Waals surface area (Å²) < 4.78 is 5.78. The SMILES string of the molecule is CCCOc1ccc(Cl)cc1CN[C@H](C)c1ccccc1. The van der Waals surface area contributed by atoms with Crippen molar-refractivity contribution < 1.29 is 4.74 Å². The number of ether oxygens (including phenoxy) is 1. The van der Waals surface area contributed by atoms with Gasteiger partial charge >= 0.3 is 0 Å². The summed E-state index contributed by atoms with van der Waals surface area (Å²) in [6.07, 6.45) is 0.996. The first-order chi connectivity index (χ1) is 10.2. The van der Waals surface area contributed by atoms with Gasteiger partial charge in [0.2, 0.25) is 0 Å². The van der Waals surface area contributed by atoms with Gasteiger partial charge in [-0.3, -0.25) is 0 Å². The molecule has 0 radical (unpaired) electrons. The van der Waals surface area contributed by atoms with Crippen LogP contribution in [0.15, 0.2) is 48.5 Å². The van der Waals surface area contributed by atoms with Crippen LogP contribution in [-0.2, 0) is 6.54 Å². The predicted octanol–water partition coefficient (Wildman–Crippen LogP) is 4.98. The van der Waals surface area contributed by atoms with Gasteiger partial charge in [0.1, 0.15) is 5.75 Å². The van der Waals surface area contributed by atoms with Crippen molar-refractivity contribution in [2.24, 2.45) is 0 Å². The van der Waals surface area contributed by atoms with Crippen LogP contribution in [0.5, 0.6) is 5.75 Å². The fourth-order valence-corrected chi connectivity index (χ4v) is 2.36. The van der Waals surface area contributed by atoms with E-state index in [0.717, 1.165) is 35.9 Å². The summed E-state index contributed by atoms with van der Waals surface area (Å²) in [4.78, 5) is 0. The maximum atomic E-state index is 6.10. The molecule has 0 unspecified atom stereocenters. The van der Waals surface area contributed by atoms with E-state index in [2.05, 4.69) is 43.4 Å². The number of hydrogen-bond donors (Lipinski definition) is 1. The first-order valence-electron chi connectivity index (χ1n) is 7.40. The van der Waals surface area contributed by atoms with Gasteiger partial charge in [-0.1, -0.05) is 48.9 Å². The van der Waals surface area contributed by atoms with Gasteiger partial charge in [-0.25, -0.2) is 0 Å². The van der Waals surface area contributed by atoms with Crippen LogP contribution in [0.1, 0.15) is 37.4 Å². The van der Waals surface area contributed by atoms with Crippen molar-refractivity contribution in [3.63, 3.8) is 0 Å². The average molecular weight is 304 g/mol. The molecule has 0 aliphatic heterocycles. The molecule has 2 aromatic carbocycles. The van der Waals surface area contributed by atoms with Gasteiger partial charge in [0.25, 0.3) is 0 Å². The van der Waals surface area contributed by atoms with Crippen molar-refractivity contribution in [3.05, 3.63) is 64.7 Å². The topological polar surface area (TPSA) is 21.3 Å². The Labute approximate surface area is 132 Å². The monoisotopic (exact) mass is 303 g/mol. The summed E-state index contributed by atoms with van der Waals surface area (Å²) in [5, 5.41) is 4.26. The third kappa shape index (κ3) is 4.76. The molecule has 0 aromatic heterocycles. The van der Waals surface area contributed by atoms with Crippen molar-refractivity contribution in [1.29, 1.82) is 0 Å². The Morgan fingerprint density at radius 3 is 2.62 bits per heavy atom. The number of hydrogen-bond acceptors (Lipinski definition) is 2. The third-order valence-corrected chi connectivity index (χ3v) is 3.62. The molecule has 2 rings (SSSR count). The lowest BCUT2D eigenvalue weighted by Gasteiger charge is -2.17. The largest absolute Gasteiger partial charge is 0.493 e. The molecular weight excluding hydrogens is 282 g/mol. The Morgan fingerprint density at radius 1 is 1.14 bits per heavy atom. The Balaban J connectivity index is 2.03. The smallest absolute Gasteiger partial charge is 0.123 e. The highest BCUT2D eigenvalue weighted by Gasteiger charge is 2.08. The minimum Gasteiger partial charge on any atom is -0.493 e. The van der Waals surface area contributed by atoms with Crippen LogP contribution < -0.4 is 10.1 Å². The van der Waals surface area contributed by atoms with E-state index in [4.69, 9.17) is 16.3 Å². The van der Waals surface area contributed by atoms with Crippen molar-refractivity contribution in [2.45, 2.75) is 32.9 Å². The van der Waals surface area contributed by atoms with E-state index in [0.29, 0.717) is 0 Å². The van der Waals surface area contributed by atoms with Gasteiger partial charge in [0.05, 0.1) is 6.61 Å². The van der Waals surface area contributed by atoms with Crippen LogP contribution in [-0.4, -0.2) is 6.61 Å². The van der Waals surface area contributed by atoms with Crippen molar-refractivity contribution in [1.82, 2.24) is 5.32 Å². The summed E-state index contributed by atoms with van der Waals surface area (Å²) in [7, 11) is 0. The minimum atomic E-state index is 0.282. The van der Waals surface area contributed by atoms with Crippen LogP contribution in [0, 0.1) is 0 Å². The van der Waals surface area contributed by atoms with Gasteiger partial charge in [0.15, 0.2) is 0 Å². The molecular formula is C18H22ClNO. The van der Waals surface area contributed by atoms with E-state index >= 15 is 0 Å². The third-order valence-electron chi connectivity index (χ3n) is 3.38. The number of rotatable bonds is 7. The standard InChI is InChI=1S/C18H22ClNO/c1-3-11-21-18-10-9-17(19)12-16(18)13-20-14(2)15-7-5-4-6-8-15/h4-10,12,14,20H,3,11,13H2,1-2H3/t14-/m1/s1. The van der Waals surface area contributed by atoms with Crippen LogP contribution >= 0.6 is 11.6 Å². The van der Waals surface area contributed by atoms with Crippen LogP contribution in [0.4, 0.5) is 0 Å². The van der Waals surface area contributed by atoms with Crippen LogP contribution in [0.2, 0.25) is 5.02 Å². The normalized spacial score (nSPS) is 12.1. The van der Waals surface area contributed by atoms with E-state index in [1.165, 1.54) is 5.56 Å². The zero-order valence-corrected chi connectivity index (χ0v) is 13.4. The molecule has 0 heterocycles. The summed E-state index contributed by atoms with van der Waals surface area (Å²) in [5.41, 5.74) is 2.37. The molecule has 0 spiro atoms. The number of halogens is 1. The molecule has 0 aliphatic rings. The first kappa shape index (κ1) is 15.9. The second kappa shape index (κ2) is 8.06. The zero-order valence-electron chi connectivity index (χ0n) is 12.6. The average Bonchev–Trinajstić information content (AvgIpc) is 2.52. The van der Waals surface area contributed by atoms with Gasteiger partial charge in [-0.15, -0.1) is 0 Å². The number of nitrogens with one attached hydrogen (secondary N) is 1. The Kier molecular flexibility index (Phi) is 6.09. The highest BCUT2D eigenvalue weighted by Crippen LogP contribution is 2.24. The van der Waals surface area contributed by atoms with Crippen LogP contribution in [0.3, 0.4) is 0 Å². The molecule has 3 heteroatoms. The second-order valence-electron chi connectivity index (χ2n) is 5.11. The molecule has 0 saturated heterocycles. The fraction of sp³-hybridized carbons (Fsp3) is 0.333. The van der Waals surface area contributed by atoms with Crippen LogP contribution in [0.25, 0.3) is 0 Å². The molecule has 0 aliphatic carbocycles. The fourth-order valence-electron chi connectivity index (χ4n) is 2.16. The molecule has 0 fully saturated rings. The summed E-state index contributed by atoms with van der Waals surface area (Å²) in [6, 6.07) is 16.5. The summed E-state index contributed by atoms with van der Waals surface area (Å²) in [6.45, 7) is 5.72. The predicted molar refractivity (Wildman–Crippen MR) is 88.9 cm³/mol. The Bertz CT molecular complexity index is 556.